The molecule has 7 heteroatoms. The van der Waals surface area contributed by atoms with Gasteiger partial charge >= 0.3 is 0 Å². The van der Waals surface area contributed by atoms with E-state index in [4.69, 9.17) is 0 Å². The normalized spacial score (nSPS) is 16.7. The third kappa shape index (κ3) is 6.16. The summed E-state index contributed by atoms with van der Waals surface area (Å²) in [4.78, 5) is 41.6. The van der Waals surface area contributed by atoms with Gasteiger partial charge in [0.05, 0.1) is 6.54 Å². The van der Waals surface area contributed by atoms with E-state index in [0.29, 0.717) is 22.7 Å². The molecule has 2 aromatic carbocycles. The molecule has 0 aliphatic carbocycles. The Morgan fingerprint density at radius 2 is 1.44 bits per heavy atom. The van der Waals surface area contributed by atoms with Crippen LogP contribution in [0.15, 0.2) is 48.5 Å². The third-order valence-corrected chi connectivity index (χ3v) is 6.69. The smallest absolute Gasteiger partial charge is 0.253 e. The fourth-order valence-electron chi connectivity index (χ4n) is 4.52. The second-order valence-electron chi connectivity index (χ2n) is 9.39. The Hall–Kier alpha value is -3.35. The average Bonchev–Trinajstić information content (AvgIpc) is 2.88. The van der Waals surface area contributed by atoms with Crippen LogP contribution in [0.4, 0.5) is 11.4 Å². The maximum absolute atomic E-state index is 12.7. The Bertz CT molecular complexity index is 1010. The van der Waals surface area contributed by atoms with Crippen molar-refractivity contribution >= 4 is 29.1 Å². The van der Waals surface area contributed by atoms with Crippen LogP contribution in [0.2, 0.25) is 0 Å². The van der Waals surface area contributed by atoms with Crippen LogP contribution in [0.1, 0.15) is 59.7 Å². The lowest BCUT2D eigenvalue weighted by Crippen LogP contribution is -2.37. The molecular weight excluding hydrogens is 428 g/mol. The van der Waals surface area contributed by atoms with Gasteiger partial charge in [0.2, 0.25) is 5.91 Å². The molecule has 2 saturated heterocycles. The standard InChI is InChI=1S/C27H34N4O3/c1-20-12-16-31(17-13-20)26(33)21-8-10-23(11-9-21)28-19-25(32)29-24-7-5-6-22(18-24)27(34)30-14-3-2-4-15-30/h5-11,18,20,28H,2-4,12-17,19H2,1H3,(H,29,32). The van der Waals surface area contributed by atoms with E-state index in [-0.39, 0.29) is 24.3 Å². The molecule has 180 valence electrons. The quantitative estimate of drug-likeness (QED) is 0.673. The second kappa shape index (κ2) is 11.2. The average molecular weight is 463 g/mol. The molecule has 3 amide bonds. The molecule has 34 heavy (non-hydrogen) atoms. The maximum Gasteiger partial charge on any atom is 0.253 e. The van der Waals surface area contributed by atoms with Crippen LogP contribution in [0.5, 0.6) is 0 Å². The van der Waals surface area contributed by atoms with Gasteiger partial charge in [-0.05, 0) is 80.5 Å². The first kappa shape index (κ1) is 23.8. The zero-order valence-electron chi connectivity index (χ0n) is 19.9. The van der Waals surface area contributed by atoms with Gasteiger partial charge in [0.15, 0.2) is 0 Å². The van der Waals surface area contributed by atoms with Crippen molar-refractivity contribution in [3.8, 4) is 0 Å². The van der Waals surface area contributed by atoms with Crippen LogP contribution in [0.25, 0.3) is 0 Å². The van der Waals surface area contributed by atoms with Crippen molar-refractivity contribution in [3.05, 3.63) is 59.7 Å². The first-order valence-corrected chi connectivity index (χ1v) is 12.3. The van der Waals surface area contributed by atoms with Crippen LogP contribution in [-0.4, -0.2) is 60.2 Å². The molecule has 2 aliphatic heterocycles. The molecule has 2 fully saturated rings. The molecule has 7 nitrogen and oxygen atoms in total. The van der Waals surface area contributed by atoms with Crippen LogP contribution in [-0.2, 0) is 4.79 Å². The molecule has 0 bridgehead atoms. The monoisotopic (exact) mass is 462 g/mol. The second-order valence-corrected chi connectivity index (χ2v) is 9.39. The van der Waals surface area contributed by atoms with Crippen LogP contribution < -0.4 is 10.6 Å². The minimum Gasteiger partial charge on any atom is -0.376 e. The van der Waals surface area contributed by atoms with E-state index in [9.17, 15) is 14.4 Å². The van der Waals surface area contributed by atoms with Gasteiger partial charge in [-0.2, -0.15) is 0 Å². The highest BCUT2D eigenvalue weighted by molar-refractivity contribution is 5.98. The van der Waals surface area contributed by atoms with Crippen molar-refractivity contribution in [3.63, 3.8) is 0 Å². The van der Waals surface area contributed by atoms with Crippen molar-refractivity contribution in [2.45, 2.75) is 39.0 Å². The van der Waals surface area contributed by atoms with Gasteiger partial charge < -0.3 is 20.4 Å². The van der Waals surface area contributed by atoms with Crippen molar-refractivity contribution in [1.29, 1.82) is 0 Å². The summed E-state index contributed by atoms with van der Waals surface area (Å²) in [7, 11) is 0. The zero-order valence-corrected chi connectivity index (χ0v) is 19.9. The number of benzene rings is 2. The van der Waals surface area contributed by atoms with Gasteiger partial charge in [-0.1, -0.05) is 13.0 Å². The fraction of sp³-hybridized carbons (Fsp3) is 0.444. The summed E-state index contributed by atoms with van der Waals surface area (Å²) in [6, 6.07) is 14.4. The van der Waals surface area contributed by atoms with Crippen molar-refractivity contribution in [1.82, 2.24) is 9.80 Å². The summed E-state index contributed by atoms with van der Waals surface area (Å²) in [6.45, 7) is 5.52. The van der Waals surface area contributed by atoms with E-state index in [1.807, 2.05) is 21.9 Å². The number of nitrogens with one attached hydrogen (secondary N) is 2. The molecule has 4 rings (SSSR count). The number of piperidine rings is 2. The van der Waals surface area contributed by atoms with E-state index in [1.165, 1.54) is 6.42 Å². The Kier molecular flexibility index (Phi) is 7.83. The fourth-order valence-corrected chi connectivity index (χ4v) is 4.52. The van der Waals surface area contributed by atoms with Crippen molar-refractivity contribution < 1.29 is 14.4 Å². The van der Waals surface area contributed by atoms with Crippen LogP contribution in [0.3, 0.4) is 0 Å². The topological polar surface area (TPSA) is 81.8 Å². The molecule has 0 atom stereocenters. The predicted molar refractivity (Wildman–Crippen MR) is 134 cm³/mol. The molecule has 0 unspecified atom stereocenters. The summed E-state index contributed by atoms with van der Waals surface area (Å²) in [5.74, 6) is 0.558. The summed E-state index contributed by atoms with van der Waals surface area (Å²) < 4.78 is 0. The van der Waals surface area contributed by atoms with E-state index >= 15 is 0 Å². The van der Waals surface area contributed by atoms with E-state index < -0.39 is 0 Å². The summed E-state index contributed by atoms with van der Waals surface area (Å²) >= 11 is 0. The molecule has 2 N–H and O–H groups in total. The number of anilines is 2. The predicted octanol–water partition coefficient (Wildman–Crippen LogP) is 4.24. The first-order valence-electron chi connectivity index (χ1n) is 12.3. The lowest BCUT2D eigenvalue weighted by Gasteiger charge is -2.30. The lowest BCUT2D eigenvalue weighted by molar-refractivity contribution is -0.114. The number of carbonyl (C=O) groups excluding carboxylic acids is 3. The summed E-state index contributed by atoms with van der Waals surface area (Å²) in [5.41, 5.74) is 2.63. The number of likely N-dealkylation sites (tertiary alicyclic amines) is 2. The van der Waals surface area contributed by atoms with E-state index in [2.05, 4.69) is 17.6 Å². The number of hydrogen-bond acceptors (Lipinski definition) is 4. The molecule has 0 saturated carbocycles. The highest BCUT2D eigenvalue weighted by Gasteiger charge is 2.21. The highest BCUT2D eigenvalue weighted by atomic mass is 16.2. The molecule has 2 aromatic rings. The number of carbonyl (C=O) groups is 3. The highest BCUT2D eigenvalue weighted by Crippen LogP contribution is 2.20. The minimum absolute atomic E-state index is 0.0163. The van der Waals surface area contributed by atoms with Gasteiger partial charge in [-0.25, -0.2) is 0 Å². The minimum atomic E-state index is -0.204. The Morgan fingerprint density at radius 3 is 2.15 bits per heavy atom. The molecule has 0 radical (unpaired) electrons. The van der Waals surface area contributed by atoms with Crippen molar-refractivity contribution in [2.24, 2.45) is 5.92 Å². The van der Waals surface area contributed by atoms with Crippen molar-refractivity contribution in [2.75, 3.05) is 43.4 Å². The molecule has 0 aromatic heterocycles. The van der Waals surface area contributed by atoms with E-state index in [1.54, 1.807) is 36.4 Å². The van der Waals surface area contributed by atoms with Gasteiger partial charge in [-0.3, -0.25) is 14.4 Å². The SMILES string of the molecule is CC1CCN(C(=O)c2ccc(NCC(=O)Nc3cccc(C(=O)N4CCCCC4)c3)cc2)CC1. The molecule has 0 spiro atoms. The Labute approximate surface area is 201 Å². The molecule has 2 aliphatic rings. The largest absolute Gasteiger partial charge is 0.376 e. The van der Waals surface area contributed by atoms with Crippen LogP contribution in [0, 0.1) is 5.92 Å². The first-order chi connectivity index (χ1) is 16.5. The number of rotatable bonds is 6. The summed E-state index contributed by atoms with van der Waals surface area (Å²) in [6.07, 6.45) is 5.36. The molecular formula is C27H34N4O3. The Balaban J connectivity index is 1.27. The zero-order chi connectivity index (χ0) is 23.9. The number of nitrogens with zero attached hydrogens (tertiary/aromatic N) is 2. The lowest BCUT2D eigenvalue weighted by atomic mass is 9.98. The van der Waals surface area contributed by atoms with Gasteiger partial charge in [-0.15, -0.1) is 0 Å². The third-order valence-electron chi connectivity index (χ3n) is 6.69. The van der Waals surface area contributed by atoms with Gasteiger partial charge in [0.1, 0.15) is 0 Å². The number of hydrogen-bond donors (Lipinski definition) is 2. The number of amides is 3. The van der Waals surface area contributed by atoms with Crippen LogP contribution >= 0.6 is 0 Å². The van der Waals surface area contributed by atoms with E-state index in [0.717, 1.165) is 57.5 Å². The maximum atomic E-state index is 12.7. The van der Waals surface area contributed by atoms with Gasteiger partial charge in [0, 0.05) is 48.7 Å². The Morgan fingerprint density at radius 1 is 0.794 bits per heavy atom. The molecule has 2 heterocycles. The summed E-state index contributed by atoms with van der Waals surface area (Å²) in [5, 5.41) is 5.95. The van der Waals surface area contributed by atoms with Gasteiger partial charge in [0.25, 0.3) is 11.8 Å².